The largest absolute Gasteiger partial charge is 0.468 e. The SMILES string of the molecule is CN(c1ncccn1)[C@@H]1CO[C@@]2(CCCN(Cc3ccco3)C2)C1. The zero-order chi connectivity index (χ0) is 16.4. The average Bonchev–Trinajstić information content (AvgIpc) is 3.26. The Kier molecular flexibility index (Phi) is 4.24. The van der Waals surface area contributed by atoms with Gasteiger partial charge in [-0.15, -0.1) is 0 Å². The number of hydrogen-bond donors (Lipinski definition) is 0. The quantitative estimate of drug-likeness (QED) is 0.859. The van der Waals surface area contributed by atoms with Gasteiger partial charge in [-0.2, -0.15) is 0 Å². The molecule has 24 heavy (non-hydrogen) atoms. The minimum absolute atomic E-state index is 0.0431. The molecule has 2 fully saturated rings. The first-order valence-electron chi connectivity index (χ1n) is 8.63. The van der Waals surface area contributed by atoms with Gasteiger partial charge in [-0.25, -0.2) is 9.97 Å². The molecule has 0 amide bonds. The molecule has 2 aromatic heterocycles. The highest BCUT2D eigenvalue weighted by atomic mass is 16.5. The van der Waals surface area contributed by atoms with Crippen LogP contribution in [0, 0.1) is 0 Å². The molecule has 4 heterocycles. The van der Waals surface area contributed by atoms with Gasteiger partial charge in [0.25, 0.3) is 0 Å². The van der Waals surface area contributed by atoms with Gasteiger partial charge < -0.3 is 14.1 Å². The van der Waals surface area contributed by atoms with Gasteiger partial charge in [-0.05, 0) is 37.6 Å². The third-order valence-electron chi connectivity index (χ3n) is 5.18. The van der Waals surface area contributed by atoms with Gasteiger partial charge >= 0.3 is 0 Å². The van der Waals surface area contributed by atoms with Crippen molar-refractivity contribution >= 4 is 5.95 Å². The fourth-order valence-electron chi connectivity index (χ4n) is 3.94. The van der Waals surface area contributed by atoms with Gasteiger partial charge in [-0.1, -0.05) is 0 Å². The van der Waals surface area contributed by atoms with Crippen molar-refractivity contribution < 1.29 is 9.15 Å². The average molecular weight is 328 g/mol. The number of aromatic nitrogens is 2. The van der Waals surface area contributed by atoms with Gasteiger partial charge in [0.1, 0.15) is 5.76 Å². The molecule has 2 aromatic rings. The molecule has 1 spiro atoms. The Morgan fingerprint density at radius 1 is 1.33 bits per heavy atom. The van der Waals surface area contributed by atoms with Crippen LogP contribution in [0.4, 0.5) is 5.95 Å². The third-order valence-corrected chi connectivity index (χ3v) is 5.18. The fraction of sp³-hybridized carbons (Fsp3) is 0.556. The Morgan fingerprint density at radius 3 is 3.00 bits per heavy atom. The van der Waals surface area contributed by atoms with Gasteiger partial charge in [0.05, 0.1) is 31.1 Å². The summed E-state index contributed by atoms with van der Waals surface area (Å²) < 4.78 is 11.8. The Bertz CT molecular complexity index is 648. The van der Waals surface area contributed by atoms with Crippen molar-refractivity contribution in [1.82, 2.24) is 14.9 Å². The summed E-state index contributed by atoms with van der Waals surface area (Å²) in [7, 11) is 2.06. The van der Waals surface area contributed by atoms with Crippen LogP contribution in [0.2, 0.25) is 0 Å². The molecule has 128 valence electrons. The molecule has 0 unspecified atom stereocenters. The lowest BCUT2D eigenvalue weighted by molar-refractivity contribution is -0.0545. The summed E-state index contributed by atoms with van der Waals surface area (Å²) in [5.41, 5.74) is -0.0431. The van der Waals surface area contributed by atoms with Crippen LogP contribution in [0.1, 0.15) is 25.0 Å². The van der Waals surface area contributed by atoms with E-state index >= 15 is 0 Å². The Morgan fingerprint density at radius 2 is 2.21 bits per heavy atom. The number of rotatable bonds is 4. The molecule has 2 aliphatic rings. The van der Waals surface area contributed by atoms with E-state index in [-0.39, 0.29) is 5.60 Å². The first-order valence-corrected chi connectivity index (χ1v) is 8.63. The minimum Gasteiger partial charge on any atom is -0.468 e. The summed E-state index contributed by atoms with van der Waals surface area (Å²) in [6.45, 7) is 3.67. The van der Waals surface area contributed by atoms with Crippen LogP contribution in [0.3, 0.4) is 0 Å². The smallest absolute Gasteiger partial charge is 0.225 e. The fourth-order valence-corrected chi connectivity index (χ4v) is 3.94. The van der Waals surface area contributed by atoms with Gasteiger partial charge in [0, 0.05) is 32.4 Å². The number of likely N-dealkylation sites (tertiary alicyclic amines) is 1. The van der Waals surface area contributed by atoms with Crippen LogP contribution >= 0.6 is 0 Å². The van der Waals surface area contributed by atoms with Crippen molar-refractivity contribution in [3.63, 3.8) is 0 Å². The number of nitrogens with zero attached hydrogens (tertiary/aromatic N) is 4. The number of likely N-dealkylation sites (N-methyl/N-ethyl adjacent to an activating group) is 1. The summed E-state index contributed by atoms with van der Waals surface area (Å²) in [6.07, 6.45) is 8.63. The molecule has 6 nitrogen and oxygen atoms in total. The number of piperidine rings is 1. The lowest BCUT2D eigenvalue weighted by Crippen LogP contribution is -2.48. The van der Waals surface area contributed by atoms with E-state index in [1.165, 1.54) is 6.42 Å². The molecule has 2 atom stereocenters. The van der Waals surface area contributed by atoms with Crippen LogP contribution in [-0.4, -0.2) is 53.3 Å². The molecule has 2 saturated heterocycles. The maximum atomic E-state index is 6.32. The predicted octanol–water partition coefficient (Wildman–Crippen LogP) is 2.33. The van der Waals surface area contributed by atoms with E-state index < -0.39 is 0 Å². The standard InChI is InChI=1S/C18H24N4O2/c1-21(17-19-7-4-8-20-17)15-11-18(24-13-15)6-3-9-22(14-18)12-16-5-2-10-23-16/h2,4-5,7-8,10,15H,3,6,9,11-14H2,1H3/t15-,18-/m0/s1. The topological polar surface area (TPSA) is 54.6 Å². The van der Waals surface area contributed by atoms with Crippen molar-refractivity contribution in [2.75, 3.05) is 31.6 Å². The van der Waals surface area contributed by atoms with E-state index in [0.29, 0.717) is 6.04 Å². The molecule has 0 N–H and O–H groups in total. The first-order chi connectivity index (χ1) is 11.7. The summed E-state index contributed by atoms with van der Waals surface area (Å²) in [5, 5.41) is 0. The summed E-state index contributed by atoms with van der Waals surface area (Å²) in [5.74, 6) is 1.79. The molecule has 6 heteroatoms. The van der Waals surface area contributed by atoms with Crippen LogP contribution < -0.4 is 4.90 Å². The number of ether oxygens (including phenoxy) is 1. The number of anilines is 1. The molecule has 0 aliphatic carbocycles. The van der Waals surface area contributed by atoms with Crippen molar-refractivity contribution in [3.05, 3.63) is 42.6 Å². The van der Waals surface area contributed by atoms with Gasteiger partial charge in [0.2, 0.25) is 5.95 Å². The summed E-state index contributed by atoms with van der Waals surface area (Å²) in [6, 6.07) is 6.17. The minimum atomic E-state index is -0.0431. The first kappa shape index (κ1) is 15.6. The highest BCUT2D eigenvalue weighted by Gasteiger charge is 2.45. The highest BCUT2D eigenvalue weighted by Crippen LogP contribution is 2.37. The Hall–Kier alpha value is -1.92. The van der Waals surface area contributed by atoms with E-state index in [1.807, 2.05) is 18.2 Å². The molecule has 0 aromatic carbocycles. The van der Waals surface area contributed by atoms with Crippen LogP contribution in [0.25, 0.3) is 0 Å². The second-order valence-electron chi connectivity index (χ2n) is 6.91. The van der Waals surface area contributed by atoms with Crippen molar-refractivity contribution in [2.45, 2.75) is 37.5 Å². The second-order valence-corrected chi connectivity index (χ2v) is 6.91. The molecule has 2 aliphatic heterocycles. The van der Waals surface area contributed by atoms with Crippen LogP contribution in [0.5, 0.6) is 0 Å². The predicted molar refractivity (Wildman–Crippen MR) is 90.7 cm³/mol. The molecule has 0 bridgehead atoms. The van der Waals surface area contributed by atoms with Crippen molar-refractivity contribution in [3.8, 4) is 0 Å². The zero-order valence-corrected chi connectivity index (χ0v) is 14.1. The molecular weight excluding hydrogens is 304 g/mol. The molecule has 0 saturated carbocycles. The number of hydrogen-bond acceptors (Lipinski definition) is 6. The van der Waals surface area contributed by atoms with Gasteiger partial charge in [-0.3, -0.25) is 4.90 Å². The lowest BCUT2D eigenvalue weighted by atomic mass is 9.88. The van der Waals surface area contributed by atoms with Crippen LogP contribution in [-0.2, 0) is 11.3 Å². The Balaban J connectivity index is 1.41. The summed E-state index contributed by atoms with van der Waals surface area (Å²) >= 11 is 0. The van der Waals surface area contributed by atoms with Crippen LogP contribution in [0.15, 0.2) is 41.3 Å². The number of furan rings is 1. The maximum absolute atomic E-state index is 6.32. The highest BCUT2D eigenvalue weighted by molar-refractivity contribution is 5.30. The Labute approximate surface area is 142 Å². The van der Waals surface area contributed by atoms with E-state index in [1.54, 1.807) is 18.7 Å². The van der Waals surface area contributed by atoms with E-state index in [9.17, 15) is 0 Å². The molecule has 0 radical (unpaired) electrons. The van der Waals surface area contributed by atoms with E-state index in [0.717, 1.165) is 50.8 Å². The van der Waals surface area contributed by atoms with Gasteiger partial charge in [0.15, 0.2) is 0 Å². The summed E-state index contributed by atoms with van der Waals surface area (Å²) in [4.78, 5) is 13.3. The third kappa shape index (κ3) is 3.16. The van der Waals surface area contributed by atoms with E-state index in [4.69, 9.17) is 9.15 Å². The molecular formula is C18H24N4O2. The zero-order valence-electron chi connectivity index (χ0n) is 14.1. The second kappa shape index (κ2) is 6.53. The normalized spacial score (nSPS) is 27.6. The monoisotopic (exact) mass is 328 g/mol. The van der Waals surface area contributed by atoms with E-state index in [2.05, 4.69) is 26.8 Å². The lowest BCUT2D eigenvalue weighted by Gasteiger charge is -2.39. The maximum Gasteiger partial charge on any atom is 0.225 e. The molecule has 4 rings (SSSR count). The van der Waals surface area contributed by atoms with Crippen molar-refractivity contribution in [1.29, 1.82) is 0 Å². The van der Waals surface area contributed by atoms with Crippen molar-refractivity contribution in [2.24, 2.45) is 0 Å².